The summed E-state index contributed by atoms with van der Waals surface area (Å²) in [7, 11) is 0. The van der Waals surface area contributed by atoms with E-state index >= 15 is 0 Å². The Labute approximate surface area is 193 Å². The number of nitroso groups, excluding NO2 is 1. The molecule has 3 aromatic rings. The summed E-state index contributed by atoms with van der Waals surface area (Å²) >= 11 is 12.3. The second kappa shape index (κ2) is 9.50. The Morgan fingerprint density at radius 2 is 2.00 bits per heavy atom. The number of nitrogens with zero attached hydrogens (tertiary/aromatic N) is 5. The molecule has 1 aliphatic heterocycles. The van der Waals surface area contributed by atoms with Gasteiger partial charge in [0.25, 0.3) is 0 Å². The van der Waals surface area contributed by atoms with Gasteiger partial charge in [0.1, 0.15) is 11.9 Å². The normalized spacial score (nSPS) is 16.2. The number of halogens is 3. The molecule has 0 bridgehead atoms. The van der Waals surface area contributed by atoms with Crippen molar-refractivity contribution >= 4 is 29.0 Å². The van der Waals surface area contributed by atoms with Gasteiger partial charge in [-0.3, -0.25) is 4.68 Å². The van der Waals surface area contributed by atoms with E-state index in [9.17, 15) is 14.5 Å². The zero-order valence-electron chi connectivity index (χ0n) is 17.1. The smallest absolute Gasteiger partial charge is 0.238 e. The highest BCUT2D eigenvalue weighted by atomic mass is 35.5. The minimum atomic E-state index is -0.769. The Morgan fingerprint density at radius 1 is 1.25 bits per heavy atom. The van der Waals surface area contributed by atoms with Crippen LogP contribution in [0.25, 0.3) is 11.1 Å². The van der Waals surface area contributed by atoms with Crippen molar-refractivity contribution in [2.45, 2.75) is 31.9 Å². The van der Waals surface area contributed by atoms with Crippen molar-refractivity contribution in [3.63, 3.8) is 0 Å². The van der Waals surface area contributed by atoms with Gasteiger partial charge in [0.2, 0.25) is 5.82 Å². The number of rotatable bonds is 6. The number of piperidine rings is 1. The van der Waals surface area contributed by atoms with Gasteiger partial charge in [-0.2, -0.15) is 10.2 Å². The SMILES string of the molecule is C[C@@H](Oc1cc(-c2cnn(C3CCN(O)CC3)c2)cnc1N=O)c1c(Cl)ccc(F)c1Cl. The van der Waals surface area contributed by atoms with E-state index in [1.807, 2.05) is 10.9 Å². The monoisotopic (exact) mass is 479 g/mol. The highest BCUT2D eigenvalue weighted by Gasteiger charge is 2.22. The van der Waals surface area contributed by atoms with Crippen LogP contribution in [-0.2, 0) is 0 Å². The number of hydrogen-bond donors (Lipinski definition) is 1. The molecule has 0 saturated carbocycles. The van der Waals surface area contributed by atoms with E-state index < -0.39 is 11.9 Å². The first kappa shape index (κ1) is 22.6. The van der Waals surface area contributed by atoms with Crippen LogP contribution in [0.1, 0.15) is 37.5 Å². The lowest BCUT2D eigenvalue weighted by Crippen LogP contribution is -2.32. The molecule has 0 spiro atoms. The van der Waals surface area contributed by atoms with Gasteiger partial charge in [-0.25, -0.2) is 9.37 Å². The van der Waals surface area contributed by atoms with Gasteiger partial charge in [-0.1, -0.05) is 23.2 Å². The largest absolute Gasteiger partial charge is 0.482 e. The number of ether oxygens (including phenoxy) is 1. The predicted molar refractivity (Wildman–Crippen MR) is 118 cm³/mol. The van der Waals surface area contributed by atoms with Gasteiger partial charge < -0.3 is 9.94 Å². The molecular weight excluding hydrogens is 460 g/mol. The van der Waals surface area contributed by atoms with Gasteiger partial charge in [0, 0.05) is 47.2 Å². The van der Waals surface area contributed by atoms with Crippen molar-refractivity contribution < 1.29 is 14.3 Å². The standard InChI is InChI=1S/C21H20Cl2FN5O3/c1-12(19-16(22)2-3-17(24)20(19)23)32-18-8-13(9-25-21(18)27-30)14-10-26-29(11-14)15-4-6-28(31)7-5-15/h2-3,8-12,15,31H,4-7H2,1H3/t12-/m1/s1. The summed E-state index contributed by atoms with van der Waals surface area (Å²) in [6, 6.07) is 4.37. The predicted octanol–water partition coefficient (Wildman–Crippen LogP) is 5.96. The Morgan fingerprint density at radius 3 is 2.72 bits per heavy atom. The summed E-state index contributed by atoms with van der Waals surface area (Å²) in [5.74, 6) is -0.656. The first-order valence-electron chi connectivity index (χ1n) is 9.99. The van der Waals surface area contributed by atoms with Crippen molar-refractivity contribution in [3.05, 3.63) is 63.1 Å². The molecule has 4 rings (SSSR count). The fourth-order valence-corrected chi connectivity index (χ4v) is 4.40. The summed E-state index contributed by atoms with van der Waals surface area (Å²) in [6.45, 7) is 2.81. The second-order valence-electron chi connectivity index (χ2n) is 7.55. The molecule has 1 aliphatic rings. The fourth-order valence-electron chi connectivity index (χ4n) is 3.72. The van der Waals surface area contributed by atoms with Crippen molar-refractivity contribution in [3.8, 4) is 16.9 Å². The third-order valence-corrected chi connectivity index (χ3v) is 6.17. The summed E-state index contributed by atoms with van der Waals surface area (Å²) in [4.78, 5) is 15.4. The van der Waals surface area contributed by atoms with E-state index in [2.05, 4.69) is 15.3 Å². The molecule has 0 aliphatic carbocycles. The Kier molecular flexibility index (Phi) is 6.71. The fraction of sp³-hybridized carbons (Fsp3) is 0.333. The molecule has 168 valence electrons. The van der Waals surface area contributed by atoms with Crippen molar-refractivity contribution in [2.75, 3.05) is 13.1 Å². The average molecular weight is 480 g/mol. The Hall–Kier alpha value is -2.59. The summed E-state index contributed by atoms with van der Waals surface area (Å²) in [5.41, 5.74) is 1.71. The quantitative estimate of drug-likeness (QED) is 0.346. The summed E-state index contributed by atoms with van der Waals surface area (Å²) < 4.78 is 21.7. The molecular formula is C21H20Cl2FN5O3. The van der Waals surface area contributed by atoms with Gasteiger partial charge in [0.15, 0.2) is 5.75 Å². The summed E-state index contributed by atoms with van der Waals surface area (Å²) in [5, 5.41) is 18.3. The lowest BCUT2D eigenvalue weighted by atomic mass is 10.1. The number of benzene rings is 1. The van der Waals surface area contributed by atoms with Crippen LogP contribution >= 0.6 is 23.2 Å². The average Bonchev–Trinajstić information content (AvgIpc) is 3.27. The van der Waals surface area contributed by atoms with Crippen LogP contribution in [0.5, 0.6) is 5.75 Å². The Balaban J connectivity index is 1.60. The molecule has 32 heavy (non-hydrogen) atoms. The minimum Gasteiger partial charge on any atom is -0.482 e. The van der Waals surface area contributed by atoms with E-state index in [0.29, 0.717) is 18.7 Å². The van der Waals surface area contributed by atoms with Crippen LogP contribution in [0.2, 0.25) is 10.0 Å². The van der Waals surface area contributed by atoms with Crippen LogP contribution < -0.4 is 4.74 Å². The van der Waals surface area contributed by atoms with Crippen LogP contribution in [0.4, 0.5) is 10.2 Å². The zero-order valence-corrected chi connectivity index (χ0v) is 18.6. The summed E-state index contributed by atoms with van der Waals surface area (Å²) in [6.07, 6.45) is 5.89. The van der Waals surface area contributed by atoms with Crippen molar-refractivity contribution in [1.29, 1.82) is 0 Å². The molecule has 1 N–H and O–H groups in total. The minimum absolute atomic E-state index is 0.114. The van der Waals surface area contributed by atoms with Gasteiger partial charge in [0.05, 0.1) is 17.3 Å². The third kappa shape index (κ3) is 4.61. The molecule has 1 saturated heterocycles. The molecule has 3 heterocycles. The third-order valence-electron chi connectivity index (χ3n) is 5.46. The maximum absolute atomic E-state index is 13.9. The molecule has 1 fully saturated rings. The first-order chi connectivity index (χ1) is 15.4. The maximum atomic E-state index is 13.9. The molecule has 0 amide bonds. The van der Waals surface area contributed by atoms with Crippen LogP contribution in [0.15, 0.2) is 42.0 Å². The van der Waals surface area contributed by atoms with Crippen molar-refractivity contribution in [2.24, 2.45) is 5.18 Å². The van der Waals surface area contributed by atoms with E-state index in [4.69, 9.17) is 27.9 Å². The van der Waals surface area contributed by atoms with Crippen LogP contribution in [0.3, 0.4) is 0 Å². The maximum Gasteiger partial charge on any atom is 0.238 e. The first-order valence-corrected chi connectivity index (χ1v) is 10.7. The molecule has 1 aromatic carbocycles. The Bertz CT molecular complexity index is 1130. The second-order valence-corrected chi connectivity index (χ2v) is 8.33. The van der Waals surface area contributed by atoms with E-state index in [0.717, 1.165) is 18.4 Å². The van der Waals surface area contributed by atoms with Gasteiger partial charge in [-0.15, -0.1) is 4.91 Å². The molecule has 1 atom stereocenters. The molecule has 0 radical (unpaired) electrons. The molecule has 2 aromatic heterocycles. The number of aromatic nitrogens is 3. The van der Waals surface area contributed by atoms with Gasteiger partial charge >= 0.3 is 0 Å². The van der Waals surface area contributed by atoms with E-state index in [1.165, 1.54) is 23.4 Å². The molecule has 8 nitrogen and oxygen atoms in total. The van der Waals surface area contributed by atoms with E-state index in [-0.39, 0.29) is 33.2 Å². The number of hydroxylamine groups is 2. The van der Waals surface area contributed by atoms with Crippen LogP contribution in [0, 0.1) is 10.7 Å². The molecule has 0 unspecified atom stereocenters. The highest BCUT2D eigenvalue weighted by molar-refractivity contribution is 6.36. The van der Waals surface area contributed by atoms with E-state index in [1.54, 1.807) is 19.2 Å². The van der Waals surface area contributed by atoms with Crippen molar-refractivity contribution in [1.82, 2.24) is 19.8 Å². The topological polar surface area (TPSA) is 92.8 Å². The highest BCUT2D eigenvalue weighted by Crippen LogP contribution is 2.38. The number of pyridine rings is 1. The van der Waals surface area contributed by atoms with Crippen LogP contribution in [-0.4, -0.2) is 38.1 Å². The zero-order chi connectivity index (χ0) is 22.8. The lowest BCUT2D eigenvalue weighted by molar-refractivity contribution is -0.111. The van der Waals surface area contributed by atoms with Gasteiger partial charge in [-0.05, 0) is 43.1 Å². The lowest BCUT2D eigenvalue weighted by Gasteiger charge is -2.27. The number of hydrogen-bond acceptors (Lipinski definition) is 7. The molecule has 11 heteroatoms.